The Morgan fingerprint density at radius 3 is 2.50 bits per heavy atom. The molecule has 1 rings (SSSR count). The molecule has 0 unspecified atom stereocenters. The van der Waals surface area contributed by atoms with Crippen molar-refractivity contribution in [3.63, 3.8) is 0 Å². The SMILES string of the molecule is CSc1ccc(/C(O)=C(/N=O)C(C)=O)c(C)c1Cl. The summed E-state index contributed by atoms with van der Waals surface area (Å²) in [5, 5.41) is 13.0. The van der Waals surface area contributed by atoms with Gasteiger partial charge >= 0.3 is 0 Å². The lowest BCUT2D eigenvalue weighted by Crippen LogP contribution is -2.00. The van der Waals surface area contributed by atoms with E-state index in [0.717, 1.165) is 4.90 Å². The summed E-state index contributed by atoms with van der Waals surface area (Å²) in [6.45, 7) is 2.87. The molecule has 0 aliphatic heterocycles. The van der Waals surface area contributed by atoms with Crippen molar-refractivity contribution in [1.29, 1.82) is 0 Å². The van der Waals surface area contributed by atoms with Gasteiger partial charge in [0.05, 0.1) is 5.02 Å². The molecule has 0 fully saturated rings. The molecule has 1 aromatic rings. The molecule has 4 nitrogen and oxygen atoms in total. The Balaban J connectivity index is 3.48. The monoisotopic (exact) mass is 285 g/mol. The molecule has 0 spiro atoms. The number of carbonyl (C=O) groups excluding carboxylic acids is 1. The third kappa shape index (κ3) is 2.73. The molecule has 0 aliphatic carbocycles. The Morgan fingerprint density at radius 1 is 1.44 bits per heavy atom. The number of Topliss-reactive ketones (excluding diaryl/α,β-unsaturated/α-hetero) is 1. The fourth-order valence-corrected chi connectivity index (χ4v) is 2.41. The van der Waals surface area contributed by atoms with E-state index in [1.54, 1.807) is 19.1 Å². The van der Waals surface area contributed by atoms with Gasteiger partial charge in [0.15, 0.2) is 17.2 Å². The number of rotatable bonds is 4. The maximum Gasteiger partial charge on any atom is 0.192 e. The molecule has 0 aliphatic rings. The molecule has 0 bridgehead atoms. The third-order valence-electron chi connectivity index (χ3n) is 2.48. The van der Waals surface area contributed by atoms with Crippen molar-refractivity contribution in [2.45, 2.75) is 18.7 Å². The highest BCUT2D eigenvalue weighted by Gasteiger charge is 2.17. The van der Waals surface area contributed by atoms with Crippen LogP contribution in [0.5, 0.6) is 0 Å². The van der Waals surface area contributed by atoms with Crippen molar-refractivity contribution >= 4 is 34.9 Å². The zero-order valence-corrected chi connectivity index (χ0v) is 11.7. The lowest BCUT2D eigenvalue weighted by molar-refractivity contribution is -0.113. The predicted molar refractivity (Wildman–Crippen MR) is 74.0 cm³/mol. The van der Waals surface area contributed by atoms with Crippen molar-refractivity contribution in [1.82, 2.24) is 0 Å². The Kier molecular flexibility index (Phi) is 4.93. The number of hydrogen-bond donors (Lipinski definition) is 1. The van der Waals surface area contributed by atoms with Crippen molar-refractivity contribution in [3.05, 3.63) is 38.9 Å². The smallest absolute Gasteiger partial charge is 0.192 e. The van der Waals surface area contributed by atoms with Crippen molar-refractivity contribution in [2.75, 3.05) is 6.26 Å². The molecule has 0 aromatic heterocycles. The summed E-state index contributed by atoms with van der Waals surface area (Å²) in [5.41, 5.74) is 0.442. The number of hydrogen-bond acceptors (Lipinski definition) is 5. The summed E-state index contributed by atoms with van der Waals surface area (Å²) in [7, 11) is 0. The van der Waals surface area contributed by atoms with Gasteiger partial charge in [0.2, 0.25) is 0 Å². The summed E-state index contributed by atoms with van der Waals surface area (Å²) < 4.78 is 0. The van der Waals surface area contributed by atoms with Crippen LogP contribution in [-0.4, -0.2) is 17.1 Å². The Labute approximate surface area is 114 Å². The van der Waals surface area contributed by atoms with E-state index < -0.39 is 17.2 Å². The van der Waals surface area contributed by atoms with E-state index >= 15 is 0 Å². The second kappa shape index (κ2) is 6.02. The normalized spacial score (nSPS) is 12.0. The molecule has 0 amide bonds. The molecule has 0 saturated heterocycles. The van der Waals surface area contributed by atoms with Gasteiger partial charge in [-0.1, -0.05) is 11.6 Å². The molecule has 96 valence electrons. The van der Waals surface area contributed by atoms with Gasteiger partial charge in [-0.05, 0) is 36.1 Å². The van der Waals surface area contributed by atoms with Crippen molar-refractivity contribution < 1.29 is 9.90 Å². The minimum absolute atomic E-state index is 0.336. The second-order valence-corrected chi connectivity index (χ2v) is 4.83. The first-order valence-corrected chi connectivity index (χ1v) is 6.65. The number of thioether (sulfide) groups is 1. The topological polar surface area (TPSA) is 66.7 Å². The largest absolute Gasteiger partial charge is 0.505 e. The minimum atomic E-state index is -0.591. The fourth-order valence-electron chi connectivity index (χ4n) is 1.48. The van der Waals surface area contributed by atoms with Gasteiger partial charge in [-0.2, -0.15) is 0 Å². The maximum absolute atomic E-state index is 11.2. The van der Waals surface area contributed by atoms with Gasteiger partial charge < -0.3 is 5.11 Å². The number of aliphatic hydroxyl groups is 1. The van der Waals surface area contributed by atoms with E-state index in [4.69, 9.17) is 11.6 Å². The zero-order valence-electron chi connectivity index (χ0n) is 10.2. The number of allylic oxidation sites excluding steroid dienone is 1. The number of halogens is 1. The van der Waals surface area contributed by atoms with Crippen molar-refractivity contribution in [2.24, 2.45) is 5.18 Å². The van der Waals surface area contributed by atoms with Crippen LogP contribution in [0.25, 0.3) is 5.76 Å². The molecular formula is C12H12ClNO3S. The van der Waals surface area contributed by atoms with Crippen LogP contribution in [-0.2, 0) is 4.79 Å². The molecule has 0 atom stereocenters. The van der Waals surface area contributed by atoms with Crippen LogP contribution in [0.15, 0.2) is 27.9 Å². The quantitative estimate of drug-likeness (QED) is 0.394. The van der Waals surface area contributed by atoms with Crippen LogP contribution >= 0.6 is 23.4 Å². The number of ketones is 1. The average molecular weight is 286 g/mol. The van der Waals surface area contributed by atoms with Crippen molar-refractivity contribution in [3.8, 4) is 0 Å². The standard InChI is InChI=1S/C12H12ClNO3S/c1-6-8(4-5-9(18-3)10(6)13)12(16)11(14-17)7(2)15/h4-5,16H,1-3H3/b12-11-. The number of nitrogens with zero attached hydrogens (tertiary/aromatic N) is 1. The van der Waals surface area contributed by atoms with Crippen LogP contribution in [0.4, 0.5) is 0 Å². The highest BCUT2D eigenvalue weighted by molar-refractivity contribution is 7.98. The summed E-state index contributed by atoms with van der Waals surface area (Å²) >= 11 is 7.59. The molecule has 18 heavy (non-hydrogen) atoms. The fraction of sp³-hybridized carbons (Fsp3) is 0.250. The van der Waals surface area contributed by atoms with Gasteiger partial charge in [0.1, 0.15) is 0 Å². The predicted octanol–water partition coefficient (Wildman–Crippen LogP) is 3.95. The van der Waals surface area contributed by atoms with E-state index in [-0.39, 0.29) is 0 Å². The molecular weight excluding hydrogens is 274 g/mol. The number of benzene rings is 1. The molecule has 1 aromatic carbocycles. The van der Waals surface area contributed by atoms with Gasteiger partial charge in [-0.25, -0.2) is 0 Å². The highest BCUT2D eigenvalue weighted by Crippen LogP contribution is 2.33. The second-order valence-electron chi connectivity index (χ2n) is 3.60. The Bertz CT molecular complexity index is 540. The van der Waals surface area contributed by atoms with E-state index in [1.807, 2.05) is 6.26 Å². The number of aliphatic hydroxyl groups excluding tert-OH is 1. The lowest BCUT2D eigenvalue weighted by Gasteiger charge is -2.10. The van der Waals surface area contributed by atoms with Crippen LogP contribution in [0, 0.1) is 11.8 Å². The van der Waals surface area contributed by atoms with Crippen LogP contribution in [0.3, 0.4) is 0 Å². The van der Waals surface area contributed by atoms with Gasteiger partial charge in [0, 0.05) is 17.4 Å². The maximum atomic E-state index is 11.2. The Morgan fingerprint density at radius 2 is 2.06 bits per heavy atom. The summed E-state index contributed by atoms with van der Waals surface area (Å²) in [6.07, 6.45) is 1.88. The van der Waals surface area contributed by atoms with E-state index in [1.165, 1.54) is 18.7 Å². The van der Waals surface area contributed by atoms with E-state index in [9.17, 15) is 14.8 Å². The number of nitroso groups, excluding NO2 is 1. The molecule has 0 radical (unpaired) electrons. The lowest BCUT2D eigenvalue weighted by atomic mass is 10.0. The number of carbonyl (C=O) groups is 1. The van der Waals surface area contributed by atoms with Gasteiger partial charge in [-0.3, -0.25) is 4.79 Å². The first-order chi connectivity index (χ1) is 8.43. The Hall–Kier alpha value is -1.33. The molecule has 0 saturated carbocycles. The summed E-state index contributed by atoms with van der Waals surface area (Å²) in [5.74, 6) is -1.03. The van der Waals surface area contributed by atoms with E-state index in [2.05, 4.69) is 5.18 Å². The molecule has 1 N–H and O–H groups in total. The summed E-state index contributed by atoms with van der Waals surface area (Å²) in [6, 6.07) is 3.32. The van der Waals surface area contributed by atoms with E-state index in [0.29, 0.717) is 16.1 Å². The average Bonchev–Trinajstić information content (AvgIpc) is 2.32. The summed E-state index contributed by atoms with van der Waals surface area (Å²) in [4.78, 5) is 22.6. The van der Waals surface area contributed by atoms with Gasteiger partial charge in [0.25, 0.3) is 0 Å². The van der Waals surface area contributed by atoms with Gasteiger partial charge in [-0.15, -0.1) is 16.7 Å². The first-order valence-electron chi connectivity index (χ1n) is 5.05. The third-order valence-corrected chi connectivity index (χ3v) is 3.85. The van der Waals surface area contributed by atoms with Crippen LogP contribution < -0.4 is 0 Å². The van der Waals surface area contributed by atoms with Crippen LogP contribution in [0.1, 0.15) is 18.1 Å². The zero-order chi connectivity index (χ0) is 13.9. The highest BCUT2D eigenvalue weighted by atomic mass is 35.5. The minimum Gasteiger partial charge on any atom is -0.505 e. The first kappa shape index (κ1) is 14.7. The molecule has 0 heterocycles. The molecule has 6 heteroatoms. The van der Waals surface area contributed by atoms with Crippen LogP contribution in [0.2, 0.25) is 5.02 Å².